The van der Waals surface area contributed by atoms with Crippen LogP contribution in [-0.2, 0) is 27.3 Å². The Labute approximate surface area is 201 Å². The smallest absolute Gasteiger partial charge is 0.408 e. The number of hydrogen-bond donors (Lipinski definition) is 3. The van der Waals surface area contributed by atoms with Gasteiger partial charge in [-0.3, -0.25) is 9.59 Å². The van der Waals surface area contributed by atoms with Crippen LogP contribution in [0.3, 0.4) is 0 Å². The van der Waals surface area contributed by atoms with Crippen LogP contribution in [0, 0.1) is 0 Å². The average Bonchev–Trinajstić information content (AvgIpc) is 2.81. The van der Waals surface area contributed by atoms with Crippen molar-refractivity contribution in [1.29, 1.82) is 0 Å². The van der Waals surface area contributed by atoms with Gasteiger partial charge in [0.05, 0.1) is 6.61 Å². The van der Waals surface area contributed by atoms with Gasteiger partial charge >= 0.3 is 6.09 Å². The number of nitrogens with zero attached hydrogens (tertiary/aromatic N) is 1. The summed E-state index contributed by atoms with van der Waals surface area (Å²) in [7, 11) is 0. The molecule has 0 aromatic heterocycles. The van der Waals surface area contributed by atoms with Gasteiger partial charge in [0.1, 0.15) is 18.2 Å². The number of aliphatic hydroxyl groups excluding tert-OH is 1. The van der Waals surface area contributed by atoms with E-state index in [2.05, 4.69) is 10.6 Å². The molecule has 0 heterocycles. The maximum atomic E-state index is 13.3. The third-order valence-electron chi connectivity index (χ3n) is 5.02. The third kappa shape index (κ3) is 8.51. The van der Waals surface area contributed by atoms with Crippen molar-refractivity contribution < 1.29 is 24.2 Å². The summed E-state index contributed by atoms with van der Waals surface area (Å²) >= 11 is 0. The van der Waals surface area contributed by atoms with Crippen LogP contribution in [0.4, 0.5) is 4.79 Å². The van der Waals surface area contributed by atoms with Crippen LogP contribution in [-0.4, -0.2) is 53.2 Å². The number of carbonyl (C=O) groups is 3. The first-order chi connectivity index (χ1) is 16.1. The summed E-state index contributed by atoms with van der Waals surface area (Å²) in [4.78, 5) is 39.7. The molecule has 0 radical (unpaired) electrons. The van der Waals surface area contributed by atoms with Crippen LogP contribution < -0.4 is 10.6 Å². The number of nitrogens with one attached hydrogen (secondary N) is 2. The second-order valence-electron chi connectivity index (χ2n) is 8.87. The molecule has 3 N–H and O–H groups in total. The summed E-state index contributed by atoms with van der Waals surface area (Å²) < 4.78 is 5.18. The Balaban J connectivity index is 2.25. The Morgan fingerprint density at radius 2 is 1.62 bits per heavy atom. The van der Waals surface area contributed by atoms with Crippen molar-refractivity contribution in [2.75, 3.05) is 19.7 Å². The van der Waals surface area contributed by atoms with E-state index in [1.54, 1.807) is 20.8 Å². The normalized spacial score (nSPS) is 11.9. The summed E-state index contributed by atoms with van der Waals surface area (Å²) in [6, 6.07) is 15.9. The van der Waals surface area contributed by atoms with E-state index in [1.165, 1.54) is 4.90 Å². The molecule has 0 aliphatic heterocycles. The lowest BCUT2D eigenvalue weighted by Gasteiger charge is -2.31. The predicted molar refractivity (Wildman–Crippen MR) is 130 cm³/mol. The Kier molecular flexibility index (Phi) is 10.1. The summed E-state index contributed by atoms with van der Waals surface area (Å²) in [6.45, 7) is 6.70. The average molecular weight is 470 g/mol. The highest BCUT2D eigenvalue weighted by atomic mass is 16.6. The molecule has 0 aliphatic rings. The zero-order chi connectivity index (χ0) is 25.1. The number of ether oxygens (including phenoxy) is 1. The van der Waals surface area contributed by atoms with Crippen LogP contribution in [0.2, 0.25) is 0 Å². The van der Waals surface area contributed by atoms with Crippen LogP contribution in [0.15, 0.2) is 54.6 Å². The molecule has 0 spiro atoms. The number of amides is 3. The van der Waals surface area contributed by atoms with Gasteiger partial charge in [0.25, 0.3) is 0 Å². The highest BCUT2D eigenvalue weighted by Gasteiger charge is 2.31. The summed E-state index contributed by atoms with van der Waals surface area (Å²) in [5.74, 6) is -0.897. The Morgan fingerprint density at radius 3 is 2.18 bits per heavy atom. The van der Waals surface area contributed by atoms with Gasteiger partial charge in [-0.05, 0) is 43.9 Å². The number of hydrogen-bond acceptors (Lipinski definition) is 5. The summed E-state index contributed by atoms with van der Waals surface area (Å²) in [5, 5.41) is 15.0. The van der Waals surface area contributed by atoms with E-state index in [-0.39, 0.29) is 25.6 Å². The van der Waals surface area contributed by atoms with Crippen molar-refractivity contribution in [3.63, 3.8) is 0 Å². The Morgan fingerprint density at radius 1 is 0.971 bits per heavy atom. The Bertz CT molecular complexity index is 939. The fourth-order valence-electron chi connectivity index (χ4n) is 3.36. The van der Waals surface area contributed by atoms with Crippen LogP contribution >= 0.6 is 0 Å². The number of aliphatic hydroxyl groups is 1. The van der Waals surface area contributed by atoms with Gasteiger partial charge in [-0.25, -0.2) is 4.79 Å². The molecule has 0 bridgehead atoms. The lowest BCUT2D eigenvalue weighted by Crippen LogP contribution is -2.48. The predicted octanol–water partition coefficient (Wildman–Crippen LogP) is 2.95. The molecule has 1 unspecified atom stereocenters. The molecule has 1 atom stereocenters. The van der Waals surface area contributed by atoms with E-state index in [4.69, 9.17) is 4.74 Å². The molecular weight excluding hydrogens is 434 g/mol. The molecule has 0 saturated heterocycles. The molecule has 2 rings (SSSR count). The van der Waals surface area contributed by atoms with Gasteiger partial charge in [0.2, 0.25) is 11.8 Å². The quantitative estimate of drug-likeness (QED) is 0.496. The van der Waals surface area contributed by atoms with E-state index >= 15 is 0 Å². The van der Waals surface area contributed by atoms with Crippen molar-refractivity contribution in [3.8, 4) is 0 Å². The van der Waals surface area contributed by atoms with Gasteiger partial charge in [0, 0.05) is 13.1 Å². The molecule has 34 heavy (non-hydrogen) atoms. The van der Waals surface area contributed by atoms with E-state index in [0.717, 1.165) is 17.5 Å². The molecule has 0 fully saturated rings. The summed E-state index contributed by atoms with van der Waals surface area (Å²) in [6.07, 6.45) is 0.103. The van der Waals surface area contributed by atoms with E-state index in [0.29, 0.717) is 12.1 Å². The minimum Gasteiger partial charge on any atom is -0.444 e. The molecule has 2 aromatic carbocycles. The highest BCUT2D eigenvalue weighted by molar-refractivity contribution is 5.90. The molecule has 0 saturated carbocycles. The minimum atomic E-state index is -0.977. The van der Waals surface area contributed by atoms with Crippen LogP contribution in [0.25, 0.3) is 0 Å². The van der Waals surface area contributed by atoms with Crippen molar-refractivity contribution >= 4 is 17.9 Å². The van der Waals surface area contributed by atoms with Crippen molar-refractivity contribution in [3.05, 3.63) is 71.3 Å². The second-order valence-corrected chi connectivity index (χ2v) is 8.87. The summed E-state index contributed by atoms with van der Waals surface area (Å²) in [5.41, 5.74) is 1.92. The van der Waals surface area contributed by atoms with Crippen molar-refractivity contribution in [1.82, 2.24) is 15.5 Å². The van der Waals surface area contributed by atoms with E-state index < -0.39 is 23.6 Å². The second kappa shape index (κ2) is 12.7. The Hall–Kier alpha value is -3.39. The van der Waals surface area contributed by atoms with Gasteiger partial charge in [-0.2, -0.15) is 0 Å². The fraction of sp³-hybridized carbons (Fsp3) is 0.423. The fourth-order valence-corrected chi connectivity index (χ4v) is 3.36. The standard InChI is InChI=1S/C26H35N3O5/c1-5-19-11-13-21(14-12-19)23(24(32)27-17-20-9-7-6-8-10-20)29(15-16-30)22(31)18-28-25(33)34-26(2,3)4/h6-14,23,30H,5,15-18H2,1-4H3,(H,27,32)(H,28,33). The first-order valence-electron chi connectivity index (χ1n) is 11.4. The molecule has 8 nitrogen and oxygen atoms in total. The largest absolute Gasteiger partial charge is 0.444 e. The number of benzene rings is 2. The van der Waals surface area contributed by atoms with Crippen LogP contribution in [0.1, 0.15) is 50.4 Å². The maximum Gasteiger partial charge on any atom is 0.408 e. The lowest BCUT2D eigenvalue weighted by molar-refractivity contribution is -0.140. The van der Waals surface area contributed by atoms with Crippen molar-refractivity contribution in [2.45, 2.75) is 52.3 Å². The zero-order valence-corrected chi connectivity index (χ0v) is 20.3. The minimum absolute atomic E-state index is 0.0756. The first-order valence-corrected chi connectivity index (χ1v) is 11.4. The molecule has 2 aromatic rings. The number of alkyl carbamates (subject to hydrolysis) is 1. The lowest BCUT2D eigenvalue weighted by atomic mass is 10.0. The maximum absolute atomic E-state index is 13.3. The molecule has 0 aliphatic carbocycles. The third-order valence-corrected chi connectivity index (χ3v) is 5.02. The highest BCUT2D eigenvalue weighted by Crippen LogP contribution is 2.22. The van der Waals surface area contributed by atoms with Crippen LogP contribution in [0.5, 0.6) is 0 Å². The topological polar surface area (TPSA) is 108 Å². The molecule has 3 amide bonds. The monoisotopic (exact) mass is 469 g/mol. The number of rotatable bonds is 10. The van der Waals surface area contributed by atoms with Gasteiger partial charge in [-0.1, -0.05) is 61.5 Å². The van der Waals surface area contributed by atoms with E-state index in [9.17, 15) is 19.5 Å². The zero-order valence-electron chi connectivity index (χ0n) is 20.3. The van der Waals surface area contributed by atoms with Crippen molar-refractivity contribution in [2.24, 2.45) is 0 Å². The first kappa shape index (κ1) is 26.9. The molecular formula is C26H35N3O5. The van der Waals surface area contributed by atoms with Gasteiger partial charge in [-0.15, -0.1) is 0 Å². The molecule has 184 valence electrons. The van der Waals surface area contributed by atoms with E-state index in [1.807, 2.05) is 61.5 Å². The van der Waals surface area contributed by atoms with Gasteiger partial charge < -0.3 is 25.4 Å². The molecule has 8 heteroatoms. The number of aryl methyl sites for hydroxylation is 1. The van der Waals surface area contributed by atoms with Gasteiger partial charge in [0.15, 0.2) is 0 Å². The number of carbonyl (C=O) groups excluding carboxylic acids is 3. The SMILES string of the molecule is CCc1ccc(C(C(=O)NCc2ccccc2)N(CCO)C(=O)CNC(=O)OC(C)(C)C)cc1.